The zero-order chi connectivity index (χ0) is 18.9. The van der Waals surface area contributed by atoms with Gasteiger partial charge in [0.15, 0.2) is 17.6 Å². The summed E-state index contributed by atoms with van der Waals surface area (Å²) in [4.78, 5) is 24.2. The number of carbonyl (C=O) groups excluding carboxylic acids is 2. The minimum Gasteiger partial charge on any atom is -0.493 e. The summed E-state index contributed by atoms with van der Waals surface area (Å²) in [5, 5.41) is 2.82. The zero-order valence-electron chi connectivity index (χ0n) is 15.3. The first-order valence-corrected chi connectivity index (χ1v) is 8.57. The van der Waals surface area contributed by atoms with Gasteiger partial charge < -0.3 is 24.3 Å². The van der Waals surface area contributed by atoms with Gasteiger partial charge in [0, 0.05) is 12.7 Å². The van der Waals surface area contributed by atoms with Gasteiger partial charge in [-0.3, -0.25) is 4.79 Å². The number of hydrogen-bond acceptors (Lipinski definition) is 6. The standard InChI is InChI=1S/C19H25NO6/c1-4-25-19(22)18-14(6-5-11-26-18)20-17(21)10-8-13-7-9-15(23-2)16(12-13)24-3/h7-10,12,14,18H,4-6,11H2,1-3H3,(H,20,21)/b10-8+. The van der Waals surface area contributed by atoms with Crippen LogP contribution in [0, 0.1) is 0 Å². The molecule has 1 aliphatic rings. The van der Waals surface area contributed by atoms with Crippen molar-refractivity contribution < 1.29 is 28.5 Å². The molecule has 1 fully saturated rings. The van der Waals surface area contributed by atoms with Crippen LogP contribution in [0.1, 0.15) is 25.3 Å². The van der Waals surface area contributed by atoms with E-state index in [0.29, 0.717) is 24.5 Å². The minimum atomic E-state index is -0.762. The maximum atomic E-state index is 12.2. The Labute approximate surface area is 153 Å². The summed E-state index contributed by atoms with van der Waals surface area (Å²) in [6.07, 6.45) is 3.76. The van der Waals surface area contributed by atoms with E-state index in [1.165, 1.54) is 6.08 Å². The SMILES string of the molecule is CCOC(=O)C1OCCCC1NC(=O)/C=C/c1ccc(OC)c(OC)c1. The molecule has 2 atom stereocenters. The lowest BCUT2D eigenvalue weighted by Crippen LogP contribution is -2.51. The van der Waals surface area contributed by atoms with Gasteiger partial charge in [0.25, 0.3) is 0 Å². The van der Waals surface area contributed by atoms with E-state index < -0.39 is 18.1 Å². The molecule has 1 amide bonds. The molecule has 0 bridgehead atoms. The lowest BCUT2D eigenvalue weighted by Gasteiger charge is -2.30. The Kier molecular flexibility index (Phi) is 7.47. The number of hydrogen-bond donors (Lipinski definition) is 1. The number of ether oxygens (including phenoxy) is 4. The Morgan fingerprint density at radius 2 is 2.04 bits per heavy atom. The Hall–Kier alpha value is -2.54. The molecule has 1 aromatic carbocycles. The van der Waals surface area contributed by atoms with Crippen LogP contribution in [0.4, 0.5) is 0 Å². The lowest BCUT2D eigenvalue weighted by molar-refractivity contribution is -0.162. The highest BCUT2D eigenvalue weighted by atomic mass is 16.6. The third-order valence-corrected chi connectivity index (χ3v) is 4.00. The number of rotatable bonds is 7. The molecule has 142 valence electrons. The maximum absolute atomic E-state index is 12.2. The smallest absolute Gasteiger partial charge is 0.337 e. The number of nitrogens with one attached hydrogen (secondary N) is 1. The average molecular weight is 363 g/mol. The molecule has 7 nitrogen and oxygen atoms in total. The summed E-state index contributed by atoms with van der Waals surface area (Å²) in [6, 6.07) is 4.96. The number of amides is 1. The highest BCUT2D eigenvalue weighted by Crippen LogP contribution is 2.28. The van der Waals surface area contributed by atoms with Crippen LogP contribution in [0.25, 0.3) is 6.08 Å². The van der Waals surface area contributed by atoms with Gasteiger partial charge in [-0.2, -0.15) is 0 Å². The molecule has 2 rings (SSSR count). The van der Waals surface area contributed by atoms with E-state index >= 15 is 0 Å². The summed E-state index contributed by atoms with van der Waals surface area (Å²) in [6.45, 7) is 2.50. The minimum absolute atomic E-state index is 0.276. The summed E-state index contributed by atoms with van der Waals surface area (Å²) in [5.74, 6) is 0.454. The normalized spacial score (nSPS) is 19.8. The lowest BCUT2D eigenvalue weighted by atomic mass is 10.0. The van der Waals surface area contributed by atoms with Crippen LogP contribution < -0.4 is 14.8 Å². The van der Waals surface area contributed by atoms with Crippen molar-refractivity contribution in [1.82, 2.24) is 5.32 Å². The third-order valence-electron chi connectivity index (χ3n) is 4.00. The first-order valence-electron chi connectivity index (χ1n) is 8.57. The van der Waals surface area contributed by atoms with Gasteiger partial charge >= 0.3 is 5.97 Å². The second-order valence-electron chi connectivity index (χ2n) is 5.75. The van der Waals surface area contributed by atoms with E-state index in [9.17, 15) is 9.59 Å². The van der Waals surface area contributed by atoms with Gasteiger partial charge in [-0.15, -0.1) is 0 Å². The van der Waals surface area contributed by atoms with E-state index in [1.54, 1.807) is 39.4 Å². The van der Waals surface area contributed by atoms with Crippen molar-refractivity contribution in [2.75, 3.05) is 27.4 Å². The molecule has 2 unspecified atom stereocenters. The number of carbonyl (C=O) groups is 2. The number of esters is 1. The Bertz CT molecular complexity index is 657. The van der Waals surface area contributed by atoms with Gasteiger partial charge in [-0.1, -0.05) is 6.07 Å². The van der Waals surface area contributed by atoms with Crippen LogP contribution in [0.5, 0.6) is 11.5 Å². The van der Waals surface area contributed by atoms with E-state index in [-0.39, 0.29) is 12.5 Å². The van der Waals surface area contributed by atoms with Gasteiger partial charge in [-0.05, 0) is 43.5 Å². The van der Waals surface area contributed by atoms with E-state index in [2.05, 4.69) is 5.32 Å². The van der Waals surface area contributed by atoms with Crippen LogP contribution in [0.15, 0.2) is 24.3 Å². The summed E-state index contributed by atoms with van der Waals surface area (Å²) in [7, 11) is 3.11. The van der Waals surface area contributed by atoms with Gasteiger partial charge in [0.2, 0.25) is 5.91 Å². The first-order chi connectivity index (χ1) is 12.6. The van der Waals surface area contributed by atoms with Crippen LogP contribution in [-0.2, 0) is 19.1 Å². The molecule has 1 aliphatic heterocycles. The monoisotopic (exact) mass is 363 g/mol. The first kappa shape index (κ1) is 19.8. The van der Waals surface area contributed by atoms with E-state index in [4.69, 9.17) is 18.9 Å². The van der Waals surface area contributed by atoms with Crippen molar-refractivity contribution in [3.63, 3.8) is 0 Å². The molecule has 7 heteroatoms. The molecular weight excluding hydrogens is 338 g/mol. The molecule has 0 spiro atoms. The van der Waals surface area contributed by atoms with E-state index in [1.807, 2.05) is 6.07 Å². The van der Waals surface area contributed by atoms with Gasteiger partial charge in [0.1, 0.15) is 0 Å². The van der Waals surface area contributed by atoms with Crippen molar-refractivity contribution in [3.05, 3.63) is 29.8 Å². The molecule has 1 heterocycles. The molecular formula is C19H25NO6. The zero-order valence-corrected chi connectivity index (χ0v) is 15.3. The highest BCUT2D eigenvalue weighted by Gasteiger charge is 2.33. The van der Waals surface area contributed by atoms with Gasteiger partial charge in [-0.25, -0.2) is 4.79 Å². The Morgan fingerprint density at radius 1 is 1.27 bits per heavy atom. The molecule has 0 saturated carbocycles. The van der Waals surface area contributed by atoms with Crippen molar-refractivity contribution in [3.8, 4) is 11.5 Å². The summed E-state index contributed by atoms with van der Waals surface area (Å²) in [5.41, 5.74) is 0.791. The molecule has 0 aliphatic carbocycles. The Morgan fingerprint density at radius 3 is 2.73 bits per heavy atom. The number of benzene rings is 1. The molecule has 1 N–H and O–H groups in total. The average Bonchev–Trinajstić information content (AvgIpc) is 2.66. The fourth-order valence-corrected chi connectivity index (χ4v) is 2.74. The molecule has 0 radical (unpaired) electrons. The molecule has 26 heavy (non-hydrogen) atoms. The van der Waals surface area contributed by atoms with Gasteiger partial charge in [0.05, 0.1) is 26.9 Å². The third kappa shape index (κ3) is 5.23. The molecule has 1 aromatic rings. The fourth-order valence-electron chi connectivity index (χ4n) is 2.74. The fraction of sp³-hybridized carbons (Fsp3) is 0.474. The Balaban J connectivity index is 2.00. The van der Waals surface area contributed by atoms with Crippen molar-refractivity contribution in [2.45, 2.75) is 31.9 Å². The molecule has 1 saturated heterocycles. The largest absolute Gasteiger partial charge is 0.493 e. The predicted octanol–water partition coefficient (Wildman–Crippen LogP) is 1.94. The number of methoxy groups -OCH3 is 2. The maximum Gasteiger partial charge on any atom is 0.337 e. The highest BCUT2D eigenvalue weighted by molar-refractivity contribution is 5.92. The predicted molar refractivity (Wildman–Crippen MR) is 96.1 cm³/mol. The van der Waals surface area contributed by atoms with Crippen molar-refractivity contribution >= 4 is 18.0 Å². The van der Waals surface area contributed by atoms with Crippen molar-refractivity contribution in [1.29, 1.82) is 0 Å². The summed E-state index contributed by atoms with van der Waals surface area (Å²) < 4.78 is 20.9. The summed E-state index contributed by atoms with van der Waals surface area (Å²) >= 11 is 0. The molecule has 0 aromatic heterocycles. The second-order valence-corrected chi connectivity index (χ2v) is 5.75. The van der Waals surface area contributed by atoms with Crippen LogP contribution in [0.2, 0.25) is 0 Å². The van der Waals surface area contributed by atoms with Crippen LogP contribution in [-0.4, -0.2) is 51.5 Å². The van der Waals surface area contributed by atoms with Crippen molar-refractivity contribution in [2.24, 2.45) is 0 Å². The topological polar surface area (TPSA) is 83.1 Å². The second kappa shape index (κ2) is 9.82. The van der Waals surface area contributed by atoms with Crippen LogP contribution in [0.3, 0.4) is 0 Å². The van der Waals surface area contributed by atoms with Crippen LogP contribution >= 0.6 is 0 Å². The van der Waals surface area contributed by atoms with E-state index in [0.717, 1.165) is 12.0 Å². The quantitative estimate of drug-likeness (QED) is 0.589.